The van der Waals surface area contributed by atoms with Crippen LogP contribution in [0.1, 0.15) is 5.56 Å². The average Bonchev–Trinajstić information content (AvgIpc) is 2.82. The van der Waals surface area contributed by atoms with Gasteiger partial charge in [0.05, 0.1) is 5.03 Å². The SMILES string of the molecule is Cc1ccc2c(c1)OCC1(CO2)NC(=O)C(C#N)=C(Nc2ccccc2)S1. The summed E-state index contributed by atoms with van der Waals surface area (Å²) >= 11 is 1.34. The van der Waals surface area contributed by atoms with Crippen molar-refractivity contribution >= 4 is 23.4 Å². The minimum Gasteiger partial charge on any atom is -0.486 e. The van der Waals surface area contributed by atoms with Crippen molar-refractivity contribution in [3.05, 3.63) is 64.7 Å². The third-order valence-corrected chi connectivity index (χ3v) is 5.50. The summed E-state index contributed by atoms with van der Waals surface area (Å²) in [7, 11) is 0. The third kappa shape index (κ3) is 3.44. The highest BCUT2D eigenvalue weighted by atomic mass is 32.2. The molecule has 1 atom stereocenters. The molecule has 0 radical (unpaired) electrons. The van der Waals surface area contributed by atoms with Crippen LogP contribution in [0.5, 0.6) is 11.5 Å². The molecule has 27 heavy (non-hydrogen) atoms. The second-order valence-corrected chi connectivity index (χ2v) is 7.78. The first-order chi connectivity index (χ1) is 13.1. The standard InChI is InChI=1S/C20H17N3O3S/c1-13-7-8-16-17(9-13)26-12-20(11-25-16)23-18(24)15(10-21)19(27-20)22-14-5-3-2-4-6-14/h2-9,22H,11-12H2,1H3,(H,23,24). The van der Waals surface area contributed by atoms with Gasteiger partial charge in [-0.25, -0.2) is 0 Å². The van der Waals surface area contributed by atoms with Gasteiger partial charge in [0, 0.05) is 5.69 Å². The quantitative estimate of drug-likeness (QED) is 0.834. The first-order valence-corrected chi connectivity index (χ1v) is 9.24. The maximum Gasteiger partial charge on any atom is 0.265 e. The number of carbonyl (C=O) groups is 1. The Balaban J connectivity index is 1.63. The van der Waals surface area contributed by atoms with Crippen molar-refractivity contribution in [3.63, 3.8) is 0 Å². The number of nitriles is 1. The first kappa shape index (κ1) is 17.3. The second-order valence-electron chi connectivity index (χ2n) is 6.38. The minimum atomic E-state index is -0.832. The Hall–Kier alpha value is -3.11. The molecule has 2 heterocycles. The largest absolute Gasteiger partial charge is 0.486 e. The number of anilines is 1. The number of carbonyl (C=O) groups excluding carboxylic acids is 1. The van der Waals surface area contributed by atoms with Crippen LogP contribution in [0.2, 0.25) is 0 Å². The fourth-order valence-electron chi connectivity index (χ4n) is 2.90. The second kappa shape index (κ2) is 6.89. The van der Waals surface area contributed by atoms with Crippen molar-refractivity contribution in [1.29, 1.82) is 5.26 Å². The summed E-state index contributed by atoms with van der Waals surface area (Å²) in [6.07, 6.45) is 0. The topological polar surface area (TPSA) is 83.4 Å². The molecule has 0 aliphatic carbocycles. The van der Waals surface area contributed by atoms with Crippen molar-refractivity contribution in [2.45, 2.75) is 11.8 Å². The molecule has 0 saturated heterocycles. The van der Waals surface area contributed by atoms with E-state index in [9.17, 15) is 10.1 Å². The van der Waals surface area contributed by atoms with Crippen molar-refractivity contribution in [1.82, 2.24) is 5.32 Å². The molecule has 136 valence electrons. The number of para-hydroxylation sites is 1. The van der Waals surface area contributed by atoms with Crippen LogP contribution in [0.25, 0.3) is 0 Å². The number of nitrogens with zero attached hydrogens (tertiary/aromatic N) is 1. The number of amides is 1. The van der Waals surface area contributed by atoms with E-state index in [1.54, 1.807) is 0 Å². The Morgan fingerprint density at radius 1 is 1.15 bits per heavy atom. The molecular weight excluding hydrogens is 362 g/mol. The van der Waals surface area contributed by atoms with Crippen molar-refractivity contribution < 1.29 is 14.3 Å². The first-order valence-electron chi connectivity index (χ1n) is 8.43. The van der Waals surface area contributed by atoms with Gasteiger partial charge in [0.25, 0.3) is 5.91 Å². The van der Waals surface area contributed by atoms with Crippen molar-refractivity contribution in [2.24, 2.45) is 0 Å². The molecule has 2 aromatic rings. The maximum atomic E-state index is 12.6. The number of nitrogens with one attached hydrogen (secondary N) is 2. The Labute approximate surface area is 161 Å². The Kier molecular flexibility index (Phi) is 4.42. The predicted molar refractivity (Wildman–Crippen MR) is 103 cm³/mol. The molecule has 2 aliphatic heterocycles. The van der Waals surface area contributed by atoms with E-state index in [-0.39, 0.29) is 18.8 Å². The molecule has 1 spiro atoms. The Morgan fingerprint density at radius 2 is 1.89 bits per heavy atom. The highest BCUT2D eigenvalue weighted by Crippen LogP contribution is 2.41. The van der Waals surface area contributed by atoms with E-state index < -0.39 is 10.8 Å². The van der Waals surface area contributed by atoms with Gasteiger partial charge < -0.3 is 20.1 Å². The highest BCUT2D eigenvalue weighted by Gasteiger charge is 2.44. The number of ether oxygens (including phenoxy) is 2. The number of thioether (sulfide) groups is 1. The zero-order chi connectivity index (χ0) is 18.9. The molecule has 0 saturated carbocycles. The smallest absolute Gasteiger partial charge is 0.265 e. The van der Waals surface area contributed by atoms with Crippen LogP contribution in [-0.4, -0.2) is 24.0 Å². The van der Waals surface area contributed by atoms with Gasteiger partial charge in [0.1, 0.15) is 24.9 Å². The van der Waals surface area contributed by atoms with Gasteiger partial charge in [-0.3, -0.25) is 4.79 Å². The van der Waals surface area contributed by atoms with Gasteiger partial charge in [0.2, 0.25) is 0 Å². The van der Waals surface area contributed by atoms with Crippen molar-refractivity contribution in [3.8, 4) is 17.6 Å². The summed E-state index contributed by atoms with van der Waals surface area (Å²) < 4.78 is 11.9. The lowest BCUT2D eigenvalue weighted by molar-refractivity contribution is -0.118. The summed E-state index contributed by atoms with van der Waals surface area (Å²) in [4.78, 5) is 11.8. The number of hydrogen-bond donors (Lipinski definition) is 2. The molecule has 0 bridgehead atoms. The van der Waals surface area contributed by atoms with Crippen molar-refractivity contribution in [2.75, 3.05) is 18.5 Å². The zero-order valence-corrected chi connectivity index (χ0v) is 15.4. The van der Waals surface area contributed by atoms with E-state index in [0.29, 0.717) is 16.5 Å². The molecular formula is C20H17N3O3S. The van der Waals surface area contributed by atoms with Gasteiger partial charge >= 0.3 is 0 Å². The van der Waals surface area contributed by atoms with Crippen LogP contribution < -0.4 is 20.1 Å². The van der Waals surface area contributed by atoms with Gasteiger partial charge in [0.15, 0.2) is 16.4 Å². The van der Waals surface area contributed by atoms with Crippen LogP contribution in [0.3, 0.4) is 0 Å². The van der Waals surface area contributed by atoms with Crippen LogP contribution >= 0.6 is 11.8 Å². The van der Waals surface area contributed by atoms with E-state index in [1.807, 2.05) is 61.5 Å². The van der Waals surface area contributed by atoms with Gasteiger partial charge in [-0.15, -0.1) is 0 Å². The average molecular weight is 379 g/mol. The molecule has 1 amide bonds. The summed E-state index contributed by atoms with van der Waals surface area (Å²) in [6, 6.07) is 17.1. The maximum absolute atomic E-state index is 12.6. The fourth-order valence-corrected chi connectivity index (χ4v) is 4.07. The molecule has 0 fully saturated rings. The van der Waals surface area contributed by atoms with Crippen LogP contribution in [0, 0.1) is 18.3 Å². The van der Waals surface area contributed by atoms with E-state index in [2.05, 4.69) is 10.6 Å². The van der Waals surface area contributed by atoms with Crippen LogP contribution in [0.15, 0.2) is 59.1 Å². The number of fused-ring (bicyclic) bond motifs is 1. The normalized spacial score (nSPS) is 21.3. The van der Waals surface area contributed by atoms with Gasteiger partial charge in [-0.1, -0.05) is 36.0 Å². The number of aryl methyl sites for hydroxylation is 1. The molecule has 1 unspecified atom stereocenters. The fraction of sp³-hybridized carbons (Fsp3) is 0.200. The Bertz CT molecular complexity index is 968. The lowest BCUT2D eigenvalue weighted by Crippen LogP contribution is -2.56. The summed E-state index contributed by atoms with van der Waals surface area (Å²) in [6.45, 7) is 2.42. The molecule has 4 rings (SSSR count). The third-order valence-electron chi connectivity index (χ3n) is 4.26. The highest BCUT2D eigenvalue weighted by molar-refractivity contribution is 8.04. The molecule has 6 nitrogen and oxygen atoms in total. The summed E-state index contributed by atoms with van der Waals surface area (Å²) in [5, 5.41) is 16.0. The Morgan fingerprint density at radius 3 is 2.63 bits per heavy atom. The minimum absolute atomic E-state index is 0.0482. The number of benzene rings is 2. The predicted octanol–water partition coefficient (Wildman–Crippen LogP) is 3.17. The number of rotatable bonds is 2. The van der Waals surface area contributed by atoms with E-state index in [4.69, 9.17) is 9.47 Å². The monoisotopic (exact) mass is 379 g/mol. The lowest BCUT2D eigenvalue weighted by atomic mass is 10.2. The summed E-state index contributed by atoms with van der Waals surface area (Å²) in [5.41, 5.74) is 1.91. The van der Waals surface area contributed by atoms with Crippen LogP contribution in [-0.2, 0) is 4.79 Å². The van der Waals surface area contributed by atoms with E-state index in [0.717, 1.165) is 11.3 Å². The molecule has 2 aromatic carbocycles. The molecule has 0 aromatic heterocycles. The molecule has 2 aliphatic rings. The zero-order valence-electron chi connectivity index (χ0n) is 14.6. The lowest BCUT2D eigenvalue weighted by Gasteiger charge is -2.35. The van der Waals surface area contributed by atoms with E-state index in [1.165, 1.54) is 11.8 Å². The van der Waals surface area contributed by atoms with Gasteiger partial charge in [-0.05, 0) is 36.8 Å². The van der Waals surface area contributed by atoms with E-state index >= 15 is 0 Å². The van der Waals surface area contributed by atoms with Crippen LogP contribution in [0.4, 0.5) is 5.69 Å². The summed E-state index contributed by atoms with van der Waals surface area (Å²) in [5.74, 6) is 0.846. The molecule has 7 heteroatoms. The molecule has 2 N–H and O–H groups in total. The van der Waals surface area contributed by atoms with Gasteiger partial charge in [-0.2, -0.15) is 5.26 Å². The number of hydrogen-bond acceptors (Lipinski definition) is 6.